The molecule has 0 spiro atoms. The highest BCUT2D eigenvalue weighted by Crippen LogP contribution is 2.04. The summed E-state index contributed by atoms with van der Waals surface area (Å²) in [6.45, 7) is 0.0951. The number of hydrogen-bond acceptors (Lipinski definition) is 5. The zero-order valence-electron chi connectivity index (χ0n) is 10.6. The molecular formula is C11H18N2O4S2. The summed E-state index contributed by atoms with van der Waals surface area (Å²) >= 11 is 0. The van der Waals surface area contributed by atoms with Crippen LogP contribution in [0, 0.1) is 0 Å². The second-order valence-corrected chi connectivity index (χ2v) is 8.66. The summed E-state index contributed by atoms with van der Waals surface area (Å²) in [7, 11) is -7.49. The highest BCUT2D eigenvalue weighted by Gasteiger charge is 2.21. The maximum atomic E-state index is 11.7. The van der Waals surface area contributed by atoms with Crippen LogP contribution in [-0.4, -0.2) is 40.8 Å². The van der Waals surface area contributed by atoms with Gasteiger partial charge in [0.1, 0.15) is 0 Å². The van der Waals surface area contributed by atoms with Crippen LogP contribution in [0.15, 0.2) is 30.3 Å². The number of nitrogens with two attached hydrogens (primary N) is 1. The Labute approximate surface area is 114 Å². The second kappa shape index (κ2) is 6.47. The van der Waals surface area contributed by atoms with E-state index in [-0.39, 0.29) is 6.54 Å². The summed E-state index contributed by atoms with van der Waals surface area (Å²) in [6, 6.07) is 8.73. The molecule has 0 heterocycles. The molecule has 108 valence electrons. The molecule has 0 amide bonds. The van der Waals surface area contributed by atoms with Gasteiger partial charge in [0.15, 0.2) is 14.9 Å². The van der Waals surface area contributed by atoms with Crippen molar-refractivity contribution in [2.45, 2.75) is 12.5 Å². The fourth-order valence-electron chi connectivity index (χ4n) is 1.64. The van der Waals surface area contributed by atoms with Crippen LogP contribution in [0.5, 0.6) is 0 Å². The van der Waals surface area contributed by atoms with E-state index in [0.717, 1.165) is 11.8 Å². The van der Waals surface area contributed by atoms with E-state index in [4.69, 9.17) is 5.73 Å². The minimum Gasteiger partial charge on any atom is -0.329 e. The van der Waals surface area contributed by atoms with E-state index in [1.807, 2.05) is 30.3 Å². The molecule has 19 heavy (non-hydrogen) atoms. The molecule has 0 aliphatic heterocycles. The molecule has 1 atom stereocenters. The molecule has 0 aliphatic rings. The lowest BCUT2D eigenvalue weighted by molar-refractivity contribution is 0.550. The molecule has 8 heteroatoms. The van der Waals surface area contributed by atoms with Gasteiger partial charge in [-0.1, -0.05) is 30.3 Å². The van der Waals surface area contributed by atoms with Crippen LogP contribution in [0.2, 0.25) is 0 Å². The Hall–Kier alpha value is -0.960. The van der Waals surface area contributed by atoms with Gasteiger partial charge >= 0.3 is 0 Å². The van der Waals surface area contributed by atoms with Crippen molar-refractivity contribution < 1.29 is 16.8 Å². The Morgan fingerprint density at radius 3 is 2.21 bits per heavy atom. The van der Waals surface area contributed by atoms with Crippen molar-refractivity contribution in [3.63, 3.8) is 0 Å². The fourth-order valence-corrected chi connectivity index (χ4v) is 4.86. The third-order valence-corrected chi connectivity index (χ3v) is 5.97. The zero-order valence-corrected chi connectivity index (χ0v) is 12.2. The first kappa shape index (κ1) is 16.1. The van der Waals surface area contributed by atoms with Crippen molar-refractivity contribution in [1.29, 1.82) is 0 Å². The van der Waals surface area contributed by atoms with Crippen molar-refractivity contribution in [1.82, 2.24) is 4.72 Å². The monoisotopic (exact) mass is 306 g/mol. The Morgan fingerprint density at radius 2 is 1.74 bits per heavy atom. The van der Waals surface area contributed by atoms with Gasteiger partial charge in [-0.3, -0.25) is 0 Å². The van der Waals surface area contributed by atoms with Gasteiger partial charge in [-0.25, -0.2) is 21.6 Å². The first-order chi connectivity index (χ1) is 8.72. The standard InChI is InChI=1S/C11H18N2O4S2/c1-18(14,15)9-19(16,17)13-11(8-12)7-10-5-3-2-4-6-10/h2-6,11,13H,7-9,12H2,1H3. The molecule has 0 saturated heterocycles. The van der Waals surface area contributed by atoms with Crippen LogP contribution in [-0.2, 0) is 26.3 Å². The number of nitrogens with one attached hydrogen (secondary N) is 1. The van der Waals surface area contributed by atoms with Crippen molar-refractivity contribution in [2.75, 3.05) is 17.9 Å². The highest BCUT2D eigenvalue weighted by atomic mass is 32.3. The van der Waals surface area contributed by atoms with Gasteiger partial charge in [-0.05, 0) is 12.0 Å². The molecule has 0 bridgehead atoms. The van der Waals surface area contributed by atoms with Gasteiger partial charge in [0.2, 0.25) is 10.0 Å². The Balaban J connectivity index is 2.72. The summed E-state index contributed by atoms with van der Waals surface area (Å²) < 4.78 is 47.7. The molecular weight excluding hydrogens is 288 g/mol. The van der Waals surface area contributed by atoms with Gasteiger partial charge < -0.3 is 5.73 Å². The Bertz CT molecular complexity index is 597. The van der Waals surface area contributed by atoms with E-state index in [1.165, 1.54) is 0 Å². The van der Waals surface area contributed by atoms with E-state index in [1.54, 1.807) is 0 Å². The maximum absolute atomic E-state index is 11.7. The van der Waals surface area contributed by atoms with Gasteiger partial charge in [0.05, 0.1) is 0 Å². The van der Waals surface area contributed by atoms with Crippen LogP contribution < -0.4 is 10.5 Å². The fraction of sp³-hybridized carbons (Fsp3) is 0.455. The van der Waals surface area contributed by atoms with Crippen LogP contribution in [0.4, 0.5) is 0 Å². The second-order valence-electron chi connectivity index (χ2n) is 4.40. The summed E-state index contributed by atoms with van der Waals surface area (Å²) in [5.74, 6) is 0. The van der Waals surface area contributed by atoms with Crippen molar-refractivity contribution >= 4 is 19.9 Å². The maximum Gasteiger partial charge on any atom is 0.226 e. The van der Waals surface area contributed by atoms with Gasteiger partial charge in [0.25, 0.3) is 0 Å². The average Bonchev–Trinajstić information content (AvgIpc) is 2.25. The van der Waals surface area contributed by atoms with Crippen molar-refractivity contribution in [3.05, 3.63) is 35.9 Å². The number of benzene rings is 1. The van der Waals surface area contributed by atoms with Gasteiger partial charge in [0, 0.05) is 18.8 Å². The molecule has 0 aromatic heterocycles. The van der Waals surface area contributed by atoms with Gasteiger partial charge in [-0.2, -0.15) is 0 Å². The molecule has 1 aromatic carbocycles. The lowest BCUT2D eigenvalue weighted by Gasteiger charge is -2.16. The van der Waals surface area contributed by atoms with Crippen LogP contribution in [0.1, 0.15) is 5.56 Å². The molecule has 0 saturated carbocycles. The van der Waals surface area contributed by atoms with E-state index in [0.29, 0.717) is 6.42 Å². The number of hydrogen-bond donors (Lipinski definition) is 2. The number of rotatable bonds is 7. The van der Waals surface area contributed by atoms with Crippen molar-refractivity contribution in [2.24, 2.45) is 5.73 Å². The van der Waals surface area contributed by atoms with Crippen LogP contribution >= 0.6 is 0 Å². The summed E-state index contributed by atoms with van der Waals surface area (Å²) in [6.07, 6.45) is 1.29. The minimum absolute atomic E-state index is 0.0951. The topological polar surface area (TPSA) is 106 Å². The molecule has 1 rings (SSSR count). The predicted molar refractivity (Wildman–Crippen MR) is 74.8 cm³/mol. The average molecular weight is 306 g/mol. The number of sulfonamides is 1. The molecule has 0 fully saturated rings. The smallest absolute Gasteiger partial charge is 0.226 e. The van der Waals surface area contributed by atoms with Gasteiger partial charge in [-0.15, -0.1) is 0 Å². The zero-order chi connectivity index (χ0) is 14.5. The largest absolute Gasteiger partial charge is 0.329 e. The van der Waals surface area contributed by atoms with E-state index in [2.05, 4.69) is 4.72 Å². The summed E-state index contributed by atoms with van der Waals surface area (Å²) in [4.78, 5) is 0. The Kier molecular flexibility index (Phi) is 5.48. The summed E-state index contributed by atoms with van der Waals surface area (Å²) in [5.41, 5.74) is 6.45. The van der Waals surface area contributed by atoms with Crippen molar-refractivity contribution in [3.8, 4) is 0 Å². The first-order valence-corrected chi connectivity index (χ1v) is 9.35. The molecule has 0 aliphatic carbocycles. The van der Waals surface area contributed by atoms with E-state index >= 15 is 0 Å². The molecule has 6 nitrogen and oxygen atoms in total. The minimum atomic E-state index is -3.89. The lowest BCUT2D eigenvalue weighted by atomic mass is 10.1. The molecule has 3 N–H and O–H groups in total. The predicted octanol–water partition coefficient (Wildman–Crippen LogP) is -0.522. The SMILES string of the molecule is CS(=O)(=O)CS(=O)(=O)NC(CN)Cc1ccccc1. The normalized spacial score (nSPS) is 14.2. The Morgan fingerprint density at radius 1 is 1.16 bits per heavy atom. The van der Waals surface area contributed by atoms with E-state index < -0.39 is 31.0 Å². The lowest BCUT2D eigenvalue weighted by Crippen LogP contribution is -2.43. The van der Waals surface area contributed by atoms with Crippen LogP contribution in [0.3, 0.4) is 0 Å². The molecule has 1 aromatic rings. The third-order valence-electron chi connectivity index (χ3n) is 2.32. The quantitative estimate of drug-likeness (QED) is 0.705. The van der Waals surface area contributed by atoms with Crippen LogP contribution in [0.25, 0.3) is 0 Å². The number of sulfone groups is 1. The highest BCUT2D eigenvalue weighted by molar-refractivity contribution is 8.06. The third kappa shape index (κ3) is 6.67. The first-order valence-electron chi connectivity index (χ1n) is 5.63. The summed E-state index contributed by atoms with van der Waals surface area (Å²) in [5, 5.41) is -0.925. The van der Waals surface area contributed by atoms with E-state index in [9.17, 15) is 16.8 Å². The molecule has 0 radical (unpaired) electrons. The molecule has 1 unspecified atom stereocenters.